The predicted molar refractivity (Wildman–Crippen MR) is 63.0 cm³/mol. The number of Topliss-reactive ketones (excluding diaryl/α,β-unsaturated/α-hetero) is 1. The Balaban J connectivity index is 2.87. The molecule has 0 atom stereocenters. The van der Waals surface area contributed by atoms with Gasteiger partial charge in [0.1, 0.15) is 5.75 Å². The molecule has 2 aromatic rings. The fourth-order valence-corrected chi connectivity index (χ4v) is 1.79. The van der Waals surface area contributed by atoms with Gasteiger partial charge in [-0.2, -0.15) is 0 Å². The number of benzene rings is 1. The summed E-state index contributed by atoms with van der Waals surface area (Å²) < 4.78 is 5.29. The van der Waals surface area contributed by atoms with Gasteiger partial charge in [-0.25, -0.2) is 0 Å². The lowest BCUT2D eigenvalue weighted by Gasteiger charge is -2.08. The number of hydrogen-bond donors (Lipinski definition) is 0. The normalized spacial score (nSPS) is 10.4. The average Bonchev–Trinajstić information content (AvgIpc) is 2.26. The van der Waals surface area contributed by atoms with Gasteiger partial charge in [0.25, 0.3) is 0 Å². The second kappa shape index (κ2) is 3.93. The van der Waals surface area contributed by atoms with Crippen molar-refractivity contribution in [1.82, 2.24) is 4.98 Å². The van der Waals surface area contributed by atoms with Crippen molar-refractivity contribution in [2.24, 2.45) is 0 Å². The van der Waals surface area contributed by atoms with Crippen LogP contribution in [0.1, 0.15) is 23.0 Å². The molecule has 3 heteroatoms. The first kappa shape index (κ1) is 10.6. The Kier molecular flexibility index (Phi) is 2.60. The Labute approximate surface area is 94.1 Å². The molecule has 3 nitrogen and oxygen atoms in total. The highest BCUT2D eigenvalue weighted by Gasteiger charge is 2.10. The molecule has 2 rings (SSSR count). The molecular formula is C13H13NO2. The molecular weight excluding hydrogens is 202 g/mol. The van der Waals surface area contributed by atoms with E-state index in [1.807, 2.05) is 25.1 Å². The Morgan fingerprint density at radius 3 is 2.75 bits per heavy atom. The Morgan fingerprint density at radius 1 is 1.38 bits per heavy atom. The molecule has 0 fully saturated rings. The third-order valence-corrected chi connectivity index (χ3v) is 2.53. The molecule has 0 bridgehead atoms. The summed E-state index contributed by atoms with van der Waals surface area (Å²) in [4.78, 5) is 15.9. The minimum Gasteiger partial charge on any atom is -0.496 e. The lowest BCUT2D eigenvalue weighted by Crippen LogP contribution is -1.98. The van der Waals surface area contributed by atoms with E-state index in [0.29, 0.717) is 11.1 Å². The number of pyridine rings is 1. The highest BCUT2D eigenvalue weighted by atomic mass is 16.5. The summed E-state index contributed by atoms with van der Waals surface area (Å²) in [7, 11) is 1.62. The number of para-hydroxylation sites is 1. The van der Waals surface area contributed by atoms with Crippen molar-refractivity contribution in [2.75, 3.05) is 7.11 Å². The number of ether oxygens (including phenoxy) is 1. The number of fused-ring (bicyclic) bond motifs is 1. The molecule has 0 unspecified atom stereocenters. The van der Waals surface area contributed by atoms with Crippen LogP contribution >= 0.6 is 0 Å². The average molecular weight is 215 g/mol. The third kappa shape index (κ3) is 1.65. The molecule has 82 valence electrons. The van der Waals surface area contributed by atoms with Gasteiger partial charge in [-0.1, -0.05) is 6.07 Å². The molecule has 0 amide bonds. The number of rotatable bonds is 2. The van der Waals surface area contributed by atoms with E-state index in [1.165, 1.54) is 0 Å². The summed E-state index contributed by atoms with van der Waals surface area (Å²) in [6, 6.07) is 7.41. The van der Waals surface area contributed by atoms with Crippen LogP contribution in [0.25, 0.3) is 10.9 Å². The topological polar surface area (TPSA) is 39.2 Å². The molecule has 0 saturated heterocycles. The van der Waals surface area contributed by atoms with Crippen LogP contribution in [-0.2, 0) is 0 Å². The monoisotopic (exact) mass is 215 g/mol. The number of carbonyl (C=O) groups excluding carboxylic acids is 1. The molecule has 1 aromatic heterocycles. The van der Waals surface area contributed by atoms with Gasteiger partial charge < -0.3 is 4.74 Å². The Morgan fingerprint density at radius 2 is 2.12 bits per heavy atom. The van der Waals surface area contributed by atoms with Crippen LogP contribution in [0.4, 0.5) is 0 Å². The van der Waals surface area contributed by atoms with Gasteiger partial charge >= 0.3 is 0 Å². The van der Waals surface area contributed by atoms with E-state index in [0.717, 1.165) is 16.8 Å². The van der Waals surface area contributed by atoms with E-state index in [1.54, 1.807) is 20.1 Å². The summed E-state index contributed by atoms with van der Waals surface area (Å²) in [5.74, 6) is 0.774. The zero-order valence-electron chi connectivity index (χ0n) is 9.57. The number of methoxy groups -OCH3 is 1. The molecule has 1 heterocycles. The van der Waals surface area contributed by atoms with Gasteiger partial charge in [0, 0.05) is 22.7 Å². The van der Waals surface area contributed by atoms with Gasteiger partial charge in [0.15, 0.2) is 5.78 Å². The lowest BCUT2D eigenvalue weighted by atomic mass is 10.1. The van der Waals surface area contributed by atoms with Crippen molar-refractivity contribution in [3.63, 3.8) is 0 Å². The van der Waals surface area contributed by atoms with Crippen molar-refractivity contribution < 1.29 is 9.53 Å². The lowest BCUT2D eigenvalue weighted by molar-refractivity contribution is 0.101. The van der Waals surface area contributed by atoms with Gasteiger partial charge in [-0.15, -0.1) is 0 Å². The molecule has 0 aliphatic heterocycles. The first-order valence-electron chi connectivity index (χ1n) is 5.09. The highest BCUT2D eigenvalue weighted by Crippen LogP contribution is 2.27. The van der Waals surface area contributed by atoms with Crippen LogP contribution in [0, 0.1) is 6.92 Å². The third-order valence-electron chi connectivity index (χ3n) is 2.53. The van der Waals surface area contributed by atoms with Gasteiger partial charge in [-0.3, -0.25) is 9.78 Å². The summed E-state index contributed by atoms with van der Waals surface area (Å²) in [6.07, 6.45) is 0. The quantitative estimate of drug-likeness (QED) is 0.723. The van der Waals surface area contributed by atoms with E-state index >= 15 is 0 Å². The number of nitrogens with zero attached hydrogens (tertiary/aromatic N) is 1. The number of ketones is 1. The summed E-state index contributed by atoms with van der Waals surface area (Å²) in [6.45, 7) is 3.43. The molecule has 0 radical (unpaired) electrons. The van der Waals surface area contributed by atoms with Crippen LogP contribution < -0.4 is 4.74 Å². The largest absolute Gasteiger partial charge is 0.496 e. The van der Waals surface area contributed by atoms with Crippen LogP contribution in [0.2, 0.25) is 0 Å². The molecule has 0 N–H and O–H groups in total. The van der Waals surface area contributed by atoms with E-state index in [4.69, 9.17) is 4.74 Å². The molecule has 0 saturated carbocycles. The summed E-state index contributed by atoms with van der Waals surface area (Å²) in [5.41, 5.74) is 2.20. The standard InChI is InChI=1S/C13H13NO2/c1-8-7-12(16-3)11-6-4-5-10(9(2)15)13(11)14-8/h4-7H,1-3H3. The van der Waals surface area contributed by atoms with E-state index < -0.39 is 0 Å². The second-order valence-corrected chi connectivity index (χ2v) is 3.72. The van der Waals surface area contributed by atoms with Crippen molar-refractivity contribution in [3.8, 4) is 5.75 Å². The zero-order chi connectivity index (χ0) is 11.7. The Hall–Kier alpha value is -1.90. The van der Waals surface area contributed by atoms with Crippen molar-refractivity contribution in [1.29, 1.82) is 0 Å². The smallest absolute Gasteiger partial charge is 0.161 e. The van der Waals surface area contributed by atoms with Crippen LogP contribution in [0.5, 0.6) is 5.75 Å². The van der Waals surface area contributed by atoms with Crippen LogP contribution in [0.15, 0.2) is 24.3 Å². The Bertz CT molecular complexity index is 561. The second-order valence-electron chi connectivity index (χ2n) is 3.72. The predicted octanol–water partition coefficient (Wildman–Crippen LogP) is 2.75. The molecule has 0 spiro atoms. The minimum atomic E-state index is 0.0192. The van der Waals surface area contributed by atoms with Gasteiger partial charge in [0.05, 0.1) is 12.6 Å². The summed E-state index contributed by atoms with van der Waals surface area (Å²) in [5, 5.41) is 0.876. The van der Waals surface area contributed by atoms with Crippen molar-refractivity contribution >= 4 is 16.7 Å². The van der Waals surface area contributed by atoms with Crippen LogP contribution in [0.3, 0.4) is 0 Å². The number of carbonyl (C=O) groups is 1. The van der Waals surface area contributed by atoms with Crippen molar-refractivity contribution in [3.05, 3.63) is 35.5 Å². The molecule has 1 aromatic carbocycles. The maximum Gasteiger partial charge on any atom is 0.161 e. The number of hydrogen-bond acceptors (Lipinski definition) is 3. The summed E-state index contributed by atoms with van der Waals surface area (Å²) >= 11 is 0. The number of aromatic nitrogens is 1. The molecule has 0 aliphatic carbocycles. The zero-order valence-corrected chi connectivity index (χ0v) is 9.57. The fourth-order valence-electron chi connectivity index (χ4n) is 1.79. The first-order chi connectivity index (χ1) is 7.63. The molecule has 0 aliphatic rings. The van der Waals surface area contributed by atoms with Crippen molar-refractivity contribution in [2.45, 2.75) is 13.8 Å². The fraction of sp³-hybridized carbons (Fsp3) is 0.231. The first-order valence-corrected chi connectivity index (χ1v) is 5.09. The van der Waals surface area contributed by atoms with E-state index in [-0.39, 0.29) is 5.78 Å². The SMILES string of the molecule is COc1cc(C)nc2c(C(C)=O)cccc12. The van der Waals surface area contributed by atoms with Gasteiger partial charge in [-0.05, 0) is 26.0 Å². The van der Waals surface area contributed by atoms with Crippen LogP contribution in [-0.4, -0.2) is 17.9 Å². The number of aryl methyl sites for hydroxylation is 1. The van der Waals surface area contributed by atoms with E-state index in [9.17, 15) is 4.79 Å². The van der Waals surface area contributed by atoms with E-state index in [2.05, 4.69) is 4.98 Å². The maximum absolute atomic E-state index is 11.5. The highest BCUT2D eigenvalue weighted by molar-refractivity contribution is 6.06. The molecule has 16 heavy (non-hydrogen) atoms. The van der Waals surface area contributed by atoms with Gasteiger partial charge in [0.2, 0.25) is 0 Å². The maximum atomic E-state index is 11.5. The minimum absolute atomic E-state index is 0.0192.